The number of nitrogens with zero attached hydrogens (tertiary/aromatic N) is 3. The van der Waals surface area contributed by atoms with Crippen LogP contribution >= 0.6 is 0 Å². The van der Waals surface area contributed by atoms with E-state index >= 15 is 0 Å². The highest BCUT2D eigenvalue weighted by atomic mass is 19.1. The minimum Gasteiger partial charge on any atom is -0.372 e. The molecule has 0 aliphatic carbocycles. The summed E-state index contributed by atoms with van der Waals surface area (Å²) in [5, 5.41) is 6.44. The van der Waals surface area contributed by atoms with Crippen LogP contribution in [0.2, 0.25) is 0 Å². The summed E-state index contributed by atoms with van der Waals surface area (Å²) in [6.07, 6.45) is 1.51. The molecule has 1 aromatic heterocycles. The smallest absolute Gasteiger partial charge is 0.226 e. The summed E-state index contributed by atoms with van der Waals surface area (Å²) in [5.41, 5.74) is 0.978. The number of carbonyl (C=O) groups is 1. The molecule has 1 amide bonds. The van der Waals surface area contributed by atoms with Gasteiger partial charge in [0.2, 0.25) is 11.8 Å². The second-order valence-corrected chi connectivity index (χ2v) is 6.97. The quantitative estimate of drug-likeness (QED) is 0.834. The zero-order chi connectivity index (χ0) is 19.4. The van der Waals surface area contributed by atoms with E-state index in [-0.39, 0.29) is 23.9 Å². The van der Waals surface area contributed by atoms with Crippen LogP contribution in [0, 0.1) is 12.7 Å². The largest absolute Gasteiger partial charge is 0.372 e. The average molecular weight is 376 g/mol. The number of hydrogen-bond acceptors (Lipinski definition) is 6. The van der Waals surface area contributed by atoms with Gasteiger partial charge >= 0.3 is 0 Å². The van der Waals surface area contributed by atoms with Gasteiger partial charge in [0.05, 0.1) is 17.9 Å². The standard InChI is InChI=1S/C19H25FN4O3/c1-12-10-24(11-13(2)26-12)17-8-7-15(9-16(17)20)22-18(25)5-4-6-19-21-14(3)23-27-19/h7-9,12-13H,4-6,10-11H2,1-3H3,(H,22,25). The molecule has 1 fully saturated rings. The molecule has 0 saturated carbocycles. The van der Waals surface area contributed by atoms with Crippen LogP contribution in [0.4, 0.5) is 15.8 Å². The van der Waals surface area contributed by atoms with E-state index in [1.54, 1.807) is 19.1 Å². The first-order valence-corrected chi connectivity index (χ1v) is 9.19. The van der Waals surface area contributed by atoms with Crippen molar-refractivity contribution >= 4 is 17.3 Å². The highest BCUT2D eigenvalue weighted by molar-refractivity contribution is 5.90. The van der Waals surface area contributed by atoms with Gasteiger partial charge in [0, 0.05) is 31.6 Å². The van der Waals surface area contributed by atoms with Gasteiger partial charge in [-0.05, 0) is 45.4 Å². The molecule has 2 unspecified atom stereocenters. The van der Waals surface area contributed by atoms with Gasteiger partial charge in [-0.1, -0.05) is 5.16 Å². The Labute approximate surface area is 157 Å². The summed E-state index contributed by atoms with van der Waals surface area (Å²) in [7, 11) is 0. The highest BCUT2D eigenvalue weighted by Gasteiger charge is 2.24. The van der Waals surface area contributed by atoms with Crippen LogP contribution in [0.5, 0.6) is 0 Å². The van der Waals surface area contributed by atoms with Crippen molar-refractivity contribution in [3.05, 3.63) is 35.7 Å². The first-order valence-electron chi connectivity index (χ1n) is 9.19. The Balaban J connectivity index is 1.53. The Morgan fingerprint density at radius 3 is 2.70 bits per heavy atom. The second kappa shape index (κ2) is 8.47. The van der Waals surface area contributed by atoms with Gasteiger partial charge in [-0.3, -0.25) is 4.79 Å². The number of hydrogen-bond donors (Lipinski definition) is 1. The molecule has 1 aromatic carbocycles. The number of benzene rings is 1. The fraction of sp³-hybridized carbons (Fsp3) is 0.526. The number of aryl methyl sites for hydroxylation is 2. The van der Waals surface area contributed by atoms with Crippen LogP contribution in [0.15, 0.2) is 22.7 Å². The van der Waals surface area contributed by atoms with Gasteiger partial charge in [0.25, 0.3) is 0 Å². The third-order valence-electron chi connectivity index (χ3n) is 4.36. The molecule has 8 heteroatoms. The van der Waals surface area contributed by atoms with Crippen molar-refractivity contribution in [2.75, 3.05) is 23.3 Å². The Kier molecular flexibility index (Phi) is 6.05. The van der Waals surface area contributed by atoms with Crippen molar-refractivity contribution in [1.29, 1.82) is 0 Å². The zero-order valence-corrected chi connectivity index (χ0v) is 15.9. The van der Waals surface area contributed by atoms with Crippen LogP contribution in [0.25, 0.3) is 0 Å². The predicted molar refractivity (Wildman–Crippen MR) is 99.2 cm³/mol. The van der Waals surface area contributed by atoms with E-state index in [1.165, 1.54) is 6.07 Å². The van der Waals surface area contributed by atoms with E-state index in [0.29, 0.717) is 55.4 Å². The molecule has 0 bridgehead atoms. The molecule has 27 heavy (non-hydrogen) atoms. The number of morpholine rings is 1. The van der Waals surface area contributed by atoms with Gasteiger partial charge in [-0.25, -0.2) is 4.39 Å². The first kappa shape index (κ1) is 19.3. The number of amides is 1. The molecule has 7 nitrogen and oxygen atoms in total. The molecule has 2 aromatic rings. The molecule has 3 rings (SSSR count). The van der Waals surface area contributed by atoms with Gasteiger partial charge in [0.15, 0.2) is 5.82 Å². The normalized spacial score (nSPS) is 19.9. The molecule has 1 N–H and O–H groups in total. The molecule has 1 aliphatic heterocycles. The molecule has 0 radical (unpaired) electrons. The molecular weight excluding hydrogens is 351 g/mol. The van der Waals surface area contributed by atoms with E-state index in [0.717, 1.165) is 0 Å². The number of halogens is 1. The lowest BCUT2D eigenvalue weighted by molar-refractivity contribution is -0.116. The molecule has 1 aliphatic rings. The topological polar surface area (TPSA) is 80.5 Å². The van der Waals surface area contributed by atoms with E-state index < -0.39 is 0 Å². The lowest BCUT2D eigenvalue weighted by atomic mass is 10.1. The predicted octanol–water partition coefficient (Wildman–Crippen LogP) is 3.09. The number of carbonyl (C=O) groups excluding carboxylic acids is 1. The maximum atomic E-state index is 14.6. The monoisotopic (exact) mass is 376 g/mol. The first-order chi connectivity index (χ1) is 12.9. The Morgan fingerprint density at radius 1 is 1.33 bits per heavy atom. The maximum absolute atomic E-state index is 14.6. The number of ether oxygens (including phenoxy) is 1. The number of rotatable bonds is 6. The summed E-state index contributed by atoms with van der Waals surface area (Å²) >= 11 is 0. The Morgan fingerprint density at radius 2 is 2.07 bits per heavy atom. The van der Waals surface area contributed by atoms with Gasteiger partial charge < -0.3 is 19.5 Å². The molecule has 2 heterocycles. The van der Waals surface area contributed by atoms with Gasteiger partial charge in [-0.15, -0.1) is 0 Å². The lowest BCUT2D eigenvalue weighted by Crippen LogP contribution is -2.45. The average Bonchev–Trinajstić information content (AvgIpc) is 2.99. The van der Waals surface area contributed by atoms with Crippen LogP contribution in [0.3, 0.4) is 0 Å². The molecule has 2 atom stereocenters. The minimum atomic E-state index is -0.351. The minimum absolute atomic E-state index is 0.0511. The van der Waals surface area contributed by atoms with Crippen LogP contribution in [-0.2, 0) is 16.0 Å². The number of nitrogens with one attached hydrogen (secondary N) is 1. The Hall–Kier alpha value is -2.48. The van der Waals surface area contributed by atoms with Crippen molar-refractivity contribution in [1.82, 2.24) is 10.1 Å². The third kappa shape index (κ3) is 5.26. The summed E-state index contributed by atoms with van der Waals surface area (Å²) in [5.74, 6) is 0.571. The summed E-state index contributed by atoms with van der Waals surface area (Å²) in [6.45, 7) is 6.98. The molecule has 0 spiro atoms. The molecular formula is C19H25FN4O3. The summed E-state index contributed by atoms with van der Waals surface area (Å²) < 4.78 is 25.3. The van der Waals surface area contributed by atoms with Crippen molar-refractivity contribution in [3.8, 4) is 0 Å². The number of anilines is 2. The van der Waals surface area contributed by atoms with Gasteiger partial charge in [0.1, 0.15) is 5.82 Å². The van der Waals surface area contributed by atoms with E-state index in [1.807, 2.05) is 18.7 Å². The van der Waals surface area contributed by atoms with E-state index in [2.05, 4.69) is 15.5 Å². The fourth-order valence-corrected chi connectivity index (χ4v) is 3.28. The van der Waals surface area contributed by atoms with Crippen LogP contribution in [0.1, 0.15) is 38.4 Å². The lowest BCUT2D eigenvalue weighted by Gasteiger charge is -2.37. The van der Waals surface area contributed by atoms with Crippen molar-refractivity contribution in [2.24, 2.45) is 0 Å². The van der Waals surface area contributed by atoms with Crippen molar-refractivity contribution < 1.29 is 18.4 Å². The fourth-order valence-electron chi connectivity index (χ4n) is 3.28. The number of aromatic nitrogens is 2. The molecule has 1 saturated heterocycles. The third-order valence-corrected chi connectivity index (χ3v) is 4.36. The van der Waals surface area contributed by atoms with Gasteiger partial charge in [-0.2, -0.15) is 4.98 Å². The van der Waals surface area contributed by atoms with Crippen molar-refractivity contribution in [3.63, 3.8) is 0 Å². The molecule has 146 valence electrons. The van der Waals surface area contributed by atoms with E-state index in [4.69, 9.17) is 9.26 Å². The maximum Gasteiger partial charge on any atom is 0.226 e. The summed E-state index contributed by atoms with van der Waals surface area (Å²) in [6, 6.07) is 4.79. The SMILES string of the molecule is Cc1noc(CCCC(=O)Nc2ccc(N3CC(C)OC(C)C3)c(F)c2)n1. The second-order valence-electron chi connectivity index (χ2n) is 6.97. The van der Waals surface area contributed by atoms with Crippen LogP contribution in [-0.4, -0.2) is 41.3 Å². The summed E-state index contributed by atoms with van der Waals surface area (Å²) in [4.78, 5) is 18.1. The highest BCUT2D eigenvalue weighted by Crippen LogP contribution is 2.26. The van der Waals surface area contributed by atoms with Crippen LogP contribution < -0.4 is 10.2 Å². The van der Waals surface area contributed by atoms with Crippen molar-refractivity contribution in [2.45, 2.75) is 52.2 Å². The van der Waals surface area contributed by atoms with E-state index in [9.17, 15) is 9.18 Å². The zero-order valence-electron chi connectivity index (χ0n) is 15.9. The Bertz CT molecular complexity index is 785.